The van der Waals surface area contributed by atoms with Gasteiger partial charge in [-0.25, -0.2) is 0 Å². The molecule has 0 bridgehead atoms. The molecule has 0 saturated carbocycles. The van der Waals surface area contributed by atoms with Crippen molar-refractivity contribution in [2.45, 2.75) is 32.6 Å². The number of rotatable bonds is 7. The van der Waals surface area contributed by atoms with Gasteiger partial charge in [0.1, 0.15) is 5.75 Å². The van der Waals surface area contributed by atoms with Crippen LogP contribution in [0.4, 0.5) is 0 Å². The molecule has 1 fully saturated rings. The smallest absolute Gasteiger partial charge is 0.119 e. The van der Waals surface area contributed by atoms with Gasteiger partial charge < -0.3 is 14.7 Å². The van der Waals surface area contributed by atoms with Crippen LogP contribution in [0.5, 0.6) is 5.75 Å². The van der Waals surface area contributed by atoms with E-state index in [0.717, 1.165) is 57.7 Å². The number of ether oxygens (including phenoxy) is 1. The number of hydrogen-bond donors (Lipinski definition) is 1. The predicted octanol–water partition coefficient (Wildman–Crippen LogP) is 2.72. The Balaban J connectivity index is 1.62. The number of hydrogen-bond acceptors (Lipinski definition) is 3. The first-order valence-electron chi connectivity index (χ1n) is 7.86. The summed E-state index contributed by atoms with van der Waals surface area (Å²) in [4.78, 5) is 2.48. The monoisotopic (exact) mass is 277 g/mol. The van der Waals surface area contributed by atoms with E-state index in [2.05, 4.69) is 30.0 Å². The zero-order valence-electron chi connectivity index (χ0n) is 12.6. The van der Waals surface area contributed by atoms with Gasteiger partial charge in [-0.1, -0.05) is 19.1 Å². The van der Waals surface area contributed by atoms with Crippen LogP contribution in [-0.2, 0) is 6.42 Å². The van der Waals surface area contributed by atoms with Crippen LogP contribution in [0.25, 0.3) is 0 Å². The van der Waals surface area contributed by atoms with Gasteiger partial charge >= 0.3 is 0 Å². The zero-order valence-corrected chi connectivity index (χ0v) is 12.6. The maximum Gasteiger partial charge on any atom is 0.119 e. The molecule has 0 aromatic heterocycles. The van der Waals surface area contributed by atoms with Crippen LogP contribution < -0.4 is 4.74 Å². The summed E-state index contributed by atoms with van der Waals surface area (Å²) in [6.07, 6.45) is 4.39. The van der Waals surface area contributed by atoms with Crippen LogP contribution in [0.15, 0.2) is 24.3 Å². The molecule has 20 heavy (non-hydrogen) atoms. The van der Waals surface area contributed by atoms with Crippen LogP contribution in [0.3, 0.4) is 0 Å². The van der Waals surface area contributed by atoms with Gasteiger partial charge in [0.15, 0.2) is 0 Å². The number of aryl methyl sites for hydroxylation is 1. The molecule has 0 spiro atoms. The molecule has 1 aromatic rings. The third-order valence-corrected chi connectivity index (χ3v) is 4.16. The Kier molecular flexibility index (Phi) is 6.34. The number of nitrogens with zero attached hydrogens (tertiary/aromatic N) is 1. The van der Waals surface area contributed by atoms with Crippen molar-refractivity contribution < 1.29 is 9.84 Å². The Hall–Kier alpha value is -1.06. The van der Waals surface area contributed by atoms with E-state index < -0.39 is 0 Å². The summed E-state index contributed by atoms with van der Waals surface area (Å²) < 4.78 is 5.82. The van der Waals surface area contributed by atoms with E-state index in [-0.39, 0.29) is 0 Å². The molecule has 0 amide bonds. The van der Waals surface area contributed by atoms with Crippen molar-refractivity contribution in [2.75, 3.05) is 32.8 Å². The quantitative estimate of drug-likeness (QED) is 0.778. The van der Waals surface area contributed by atoms with Gasteiger partial charge in [0.2, 0.25) is 0 Å². The summed E-state index contributed by atoms with van der Waals surface area (Å²) in [5, 5.41) is 9.12. The summed E-state index contributed by atoms with van der Waals surface area (Å²) >= 11 is 0. The number of aliphatic hydroxyl groups is 1. The molecule has 112 valence electrons. The number of benzene rings is 1. The summed E-state index contributed by atoms with van der Waals surface area (Å²) in [7, 11) is 0. The molecular weight excluding hydrogens is 250 g/mol. The molecule has 1 aliphatic heterocycles. The molecule has 3 nitrogen and oxygen atoms in total. The molecule has 1 aromatic carbocycles. The molecule has 0 unspecified atom stereocenters. The second kappa shape index (κ2) is 8.28. The lowest BCUT2D eigenvalue weighted by molar-refractivity contribution is 0.126. The summed E-state index contributed by atoms with van der Waals surface area (Å²) in [6, 6.07) is 8.37. The SMILES string of the molecule is CCc1cccc(OCCCN2CCC(CO)CC2)c1. The fourth-order valence-electron chi connectivity index (χ4n) is 2.73. The first-order valence-corrected chi connectivity index (χ1v) is 7.86. The highest BCUT2D eigenvalue weighted by molar-refractivity contribution is 5.28. The van der Waals surface area contributed by atoms with Crippen molar-refractivity contribution in [1.29, 1.82) is 0 Å². The van der Waals surface area contributed by atoms with E-state index in [0.29, 0.717) is 12.5 Å². The highest BCUT2D eigenvalue weighted by Crippen LogP contribution is 2.17. The Morgan fingerprint density at radius 2 is 2.10 bits per heavy atom. The second-order valence-electron chi connectivity index (χ2n) is 5.67. The molecule has 0 atom stereocenters. The molecule has 2 rings (SSSR count). The first kappa shape index (κ1) is 15.3. The Morgan fingerprint density at radius 3 is 2.80 bits per heavy atom. The summed E-state index contributed by atoms with van der Waals surface area (Å²) in [6.45, 7) is 6.64. The van der Waals surface area contributed by atoms with E-state index in [9.17, 15) is 0 Å². The van der Waals surface area contributed by atoms with Crippen molar-refractivity contribution in [2.24, 2.45) is 5.92 Å². The Labute approximate surface area is 122 Å². The van der Waals surface area contributed by atoms with Gasteiger partial charge in [-0.2, -0.15) is 0 Å². The minimum atomic E-state index is 0.352. The number of likely N-dealkylation sites (tertiary alicyclic amines) is 1. The van der Waals surface area contributed by atoms with Crippen LogP contribution in [-0.4, -0.2) is 42.9 Å². The lowest BCUT2D eigenvalue weighted by Crippen LogP contribution is -2.35. The number of piperidine rings is 1. The average molecular weight is 277 g/mol. The minimum absolute atomic E-state index is 0.352. The van der Waals surface area contributed by atoms with Crippen molar-refractivity contribution in [1.82, 2.24) is 4.90 Å². The number of aliphatic hydroxyl groups excluding tert-OH is 1. The molecule has 0 radical (unpaired) electrons. The van der Waals surface area contributed by atoms with Gasteiger partial charge in [0, 0.05) is 13.2 Å². The predicted molar refractivity (Wildman–Crippen MR) is 82.2 cm³/mol. The normalized spacial score (nSPS) is 17.3. The van der Waals surface area contributed by atoms with Crippen molar-refractivity contribution in [3.8, 4) is 5.75 Å². The van der Waals surface area contributed by atoms with Crippen LogP contribution >= 0.6 is 0 Å². The fourth-order valence-corrected chi connectivity index (χ4v) is 2.73. The third kappa shape index (κ3) is 4.80. The molecular formula is C17H27NO2. The highest BCUT2D eigenvalue weighted by atomic mass is 16.5. The summed E-state index contributed by atoms with van der Waals surface area (Å²) in [5.74, 6) is 1.52. The topological polar surface area (TPSA) is 32.7 Å². The van der Waals surface area contributed by atoms with Crippen LogP contribution in [0, 0.1) is 5.92 Å². The molecule has 3 heteroatoms. The van der Waals surface area contributed by atoms with E-state index in [1.165, 1.54) is 5.56 Å². The molecule has 0 aliphatic carbocycles. The van der Waals surface area contributed by atoms with Gasteiger partial charge in [-0.15, -0.1) is 0 Å². The van der Waals surface area contributed by atoms with E-state index in [1.54, 1.807) is 0 Å². The van der Waals surface area contributed by atoms with Gasteiger partial charge in [0.25, 0.3) is 0 Å². The van der Waals surface area contributed by atoms with E-state index in [1.807, 2.05) is 6.07 Å². The molecule has 1 saturated heterocycles. The average Bonchev–Trinajstić information content (AvgIpc) is 2.52. The minimum Gasteiger partial charge on any atom is -0.494 e. The second-order valence-corrected chi connectivity index (χ2v) is 5.67. The zero-order chi connectivity index (χ0) is 14.2. The van der Waals surface area contributed by atoms with Gasteiger partial charge in [0.05, 0.1) is 6.61 Å². The lowest BCUT2D eigenvalue weighted by atomic mass is 9.98. The third-order valence-electron chi connectivity index (χ3n) is 4.16. The first-order chi connectivity index (χ1) is 9.81. The maximum atomic E-state index is 9.12. The lowest BCUT2D eigenvalue weighted by Gasteiger charge is -2.30. The van der Waals surface area contributed by atoms with Crippen LogP contribution in [0.1, 0.15) is 31.7 Å². The van der Waals surface area contributed by atoms with Crippen molar-refractivity contribution in [3.63, 3.8) is 0 Å². The van der Waals surface area contributed by atoms with E-state index in [4.69, 9.17) is 9.84 Å². The Morgan fingerprint density at radius 1 is 1.30 bits per heavy atom. The largest absolute Gasteiger partial charge is 0.494 e. The van der Waals surface area contributed by atoms with Crippen molar-refractivity contribution in [3.05, 3.63) is 29.8 Å². The van der Waals surface area contributed by atoms with Crippen LogP contribution in [0.2, 0.25) is 0 Å². The van der Waals surface area contributed by atoms with E-state index >= 15 is 0 Å². The maximum absolute atomic E-state index is 9.12. The van der Waals surface area contributed by atoms with Gasteiger partial charge in [-0.3, -0.25) is 0 Å². The summed E-state index contributed by atoms with van der Waals surface area (Å²) in [5.41, 5.74) is 1.33. The Bertz CT molecular complexity index is 386. The standard InChI is InChI=1S/C17H27NO2/c1-2-15-5-3-6-17(13-15)20-12-4-9-18-10-7-16(14-19)8-11-18/h3,5-6,13,16,19H,2,4,7-12,14H2,1H3. The fraction of sp³-hybridized carbons (Fsp3) is 0.647. The van der Waals surface area contributed by atoms with Crippen molar-refractivity contribution >= 4 is 0 Å². The van der Waals surface area contributed by atoms with Gasteiger partial charge in [-0.05, 0) is 62.4 Å². The highest BCUT2D eigenvalue weighted by Gasteiger charge is 2.17. The molecule has 1 N–H and O–H groups in total. The molecule has 1 heterocycles. The molecule has 1 aliphatic rings.